The van der Waals surface area contributed by atoms with Gasteiger partial charge in [0, 0.05) is 18.1 Å². The van der Waals surface area contributed by atoms with Crippen LogP contribution in [0, 0.1) is 0 Å². The summed E-state index contributed by atoms with van der Waals surface area (Å²) < 4.78 is 0. The molecule has 1 saturated heterocycles. The number of halogens is 1. The minimum Gasteiger partial charge on any atom is -0.390 e. The Morgan fingerprint density at radius 2 is 2.24 bits per heavy atom. The summed E-state index contributed by atoms with van der Waals surface area (Å²) in [7, 11) is 0. The van der Waals surface area contributed by atoms with E-state index in [1.807, 2.05) is 12.1 Å². The molecule has 0 saturated carbocycles. The van der Waals surface area contributed by atoms with Gasteiger partial charge in [0.25, 0.3) is 0 Å². The molecule has 3 rings (SSSR count). The summed E-state index contributed by atoms with van der Waals surface area (Å²) in [6.07, 6.45) is 1.54. The Morgan fingerprint density at radius 1 is 1.35 bits per heavy atom. The highest BCUT2D eigenvalue weighted by atomic mass is 35.5. The molecule has 4 heteroatoms. The van der Waals surface area contributed by atoms with Crippen molar-refractivity contribution in [3.63, 3.8) is 0 Å². The zero-order valence-corrected chi connectivity index (χ0v) is 10.4. The van der Waals surface area contributed by atoms with Crippen molar-refractivity contribution in [1.29, 1.82) is 0 Å². The summed E-state index contributed by atoms with van der Waals surface area (Å²) in [6.45, 7) is 2.44. The van der Waals surface area contributed by atoms with Crippen LogP contribution in [0.4, 0.5) is 0 Å². The van der Waals surface area contributed by atoms with Gasteiger partial charge in [-0.2, -0.15) is 0 Å². The molecule has 92 valence electrons. The van der Waals surface area contributed by atoms with E-state index >= 15 is 0 Å². The zero-order chi connectivity index (χ0) is 11.9. The first kappa shape index (κ1) is 11.5. The lowest BCUT2D eigenvalue weighted by Crippen LogP contribution is -2.64. The summed E-state index contributed by atoms with van der Waals surface area (Å²) in [5.41, 5.74) is 2.43. The predicted molar refractivity (Wildman–Crippen MR) is 68.2 cm³/mol. The maximum atomic E-state index is 10.2. The fourth-order valence-electron chi connectivity index (χ4n) is 2.93. The van der Waals surface area contributed by atoms with Crippen LogP contribution in [0.25, 0.3) is 0 Å². The molecule has 0 radical (unpaired) electrons. The maximum Gasteiger partial charge on any atom is 0.0849 e. The van der Waals surface area contributed by atoms with E-state index in [0.717, 1.165) is 31.0 Å². The van der Waals surface area contributed by atoms with E-state index in [9.17, 15) is 5.11 Å². The van der Waals surface area contributed by atoms with Crippen LogP contribution in [-0.4, -0.2) is 29.8 Å². The number of β-amino-alcohol motifs (C(OH)–C–C–N with tert-alkyl or cyclic N) is 1. The standard InChI is InChI=1S/C13H17ClN2O/c14-11-2-1-9-6-13(16-7-10(9)5-11)3-4-15-8-12(13)17/h1-2,5,12,15-17H,3-4,6-8H2. The molecule has 2 aliphatic rings. The zero-order valence-electron chi connectivity index (χ0n) is 9.67. The summed E-state index contributed by atoms with van der Waals surface area (Å²) in [4.78, 5) is 0. The van der Waals surface area contributed by atoms with E-state index in [1.54, 1.807) is 0 Å². The number of nitrogens with one attached hydrogen (secondary N) is 2. The summed E-state index contributed by atoms with van der Waals surface area (Å²) in [5.74, 6) is 0. The van der Waals surface area contributed by atoms with Crippen molar-refractivity contribution in [1.82, 2.24) is 10.6 Å². The molecule has 1 aromatic rings. The van der Waals surface area contributed by atoms with Crippen LogP contribution in [-0.2, 0) is 13.0 Å². The van der Waals surface area contributed by atoms with Crippen LogP contribution < -0.4 is 10.6 Å². The molecule has 2 aliphatic heterocycles. The lowest BCUT2D eigenvalue weighted by atomic mass is 9.76. The van der Waals surface area contributed by atoms with E-state index in [4.69, 9.17) is 11.6 Å². The van der Waals surface area contributed by atoms with E-state index < -0.39 is 0 Å². The fraction of sp³-hybridized carbons (Fsp3) is 0.538. The van der Waals surface area contributed by atoms with Gasteiger partial charge in [-0.15, -0.1) is 0 Å². The van der Waals surface area contributed by atoms with Crippen molar-refractivity contribution in [3.05, 3.63) is 34.3 Å². The van der Waals surface area contributed by atoms with E-state index in [-0.39, 0.29) is 11.6 Å². The summed E-state index contributed by atoms with van der Waals surface area (Å²) >= 11 is 6.00. The molecule has 1 fully saturated rings. The first-order chi connectivity index (χ1) is 8.20. The molecule has 3 nitrogen and oxygen atoms in total. The average Bonchev–Trinajstić information content (AvgIpc) is 2.34. The number of fused-ring (bicyclic) bond motifs is 1. The largest absolute Gasteiger partial charge is 0.390 e. The van der Waals surface area contributed by atoms with E-state index in [2.05, 4.69) is 16.7 Å². The number of piperidine rings is 1. The number of benzene rings is 1. The van der Waals surface area contributed by atoms with Crippen LogP contribution in [0.15, 0.2) is 18.2 Å². The van der Waals surface area contributed by atoms with Crippen molar-refractivity contribution in [2.75, 3.05) is 13.1 Å². The van der Waals surface area contributed by atoms with Crippen LogP contribution in [0.5, 0.6) is 0 Å². The highest BCUT2D eigenvalue weighted by molar-refractivity contribution is 6.30. The Kier molecular flexibility index (Phi) is 2.87. The maximum absolute atomic E-state index is 10.2. The van der Waals surface area contributed by atoms with Gasteiger partial charge in [-0.05, 0) is 42.6 Å². The summed E-state index contributed by atoms with van der Waals surface area (Å²) in [6, 6.07) is 6.05. The summed E-state index contributed by atoms with van der Waals surface area (Å²) in [5, 5.41) is 17.7. The molecule has 0 amide bonds. The predicted octanol–water partition coefficient (Wildman–Crippen LogP) is 1.08. The minimum absolute atomic E-state index is 0.147. The Labute approximate surface area is 106 Å². The second kappa shape index (κ2) is 4.25. The van der Waals surface area contributed by atoms with E-state index in [0.29, 0.717) is 6.54 Å². The third-order valence-electron chi connectivity index (χ3n) is 4.03. The number of rotatable bonds is 0. The van der Waals surface area contributed by atoms with Gasteiger partial charge in [0.2, 0.25) is 0 Å². The Morgan fingerprint density at radius 3 is 3.06 bits per heavy atom. The van der Waals surface area contributed by atoms with Gasteiger partial charge in [-0.25, -0.2) is 0 Å². The average molecular weight is 253 g/mol. The SMILES string of the molecule is OC1CNCCC12Cc1ccc(Cl)cc1CN2. The van der Waals surface area contributed by atoms with Crippen molar-refractivity contribution >= 4 is 11.6 Å². The van der Waals surface area contributed by atoms with Crippen molar-refractivity contribution in [2.24, 2.45) is 0 Å². The lowest BCUT2D eigenvalue weighted by molar-refractivity contribution is 0.0287. The van der Waals surface area contributed by atoms with Gasteiger partial charge in [-0.1, -0.05) is 17.7 Å². The van der Waals surface area contributed by atoms with Crippen molar-refractivity contribution in [3.8, 4) is 0 Å². The van der Waals surface area contributed by atoms with E-state index in [1.165, 1.54) is 11.1 Å². The van der Waals surface area contributed by atoms with Crippen molar-refractivity contribution in [2.45, 2.75) is 31.0 Å². The molecular formula is C13H17ClN2O. The van der Waals surface area contributed by atoms with Crippen molar-refractivity contribution < 1.29 is 5.11 Å². The molecule has 17 heavy (non-hydrogen) atoms. The second-order valence-corrected chi connectivity index (χ2v) is 5.51. The van der Waals surface area contributed by atoms with Gasteiger partial charge in [0.05, 0.1) is 11.6 Å². The molecule has 2 atom stereocenters. The molecule has 1 aromatic carbocycles. The molecular weight excluding hydrogens is 236 g/mol. The Balaban J connectivity index is 1.91. The fourth-order valence-corrected chi connectivity index (χ4v) is 3.12. The highest BCUT2D eigenvalue weighted by Crippen LogP contribution is 2.31. The molecule has 1 spiro atoms. The third-order valence-corrected chi connectivity index (χ3v) is 4.26. The normalized spacial score (nSPS) is 32.5. The highest BCUT2D eigenvalue weighted by Gasteiger charge is 2.41. The van der Waals surface area contributed by atoms with Crippen LogP contribution in [0.1, 0.15) is 17.5 Å². The van der Waals surface area contributed by atoms with Gasteiger partial charge in [0.15, 0.2) is 0 Å². The second-order valence-electron chi connectivity index (χ2n) is 5.07. The number of hydrogen-bond acceptors (Lipinski definition) is 3. The smallest absolute Gasteiger partial charge is 0.0849 e. The molecule has 2 unspecified atom stereocenters. The van der Waals surface area contributed by atoms with Gasteiger partial charge in [-0.3, -0.25) is 0 Å². The Hall–Kier alpha value is -0.610. The minimum atomic E-state index is -0.319. The number of aliphatic hydroxyl groups excluding tert-OH is 1. The number of hydrogen-bond donors (Lipinski definition) is 3. The topological polar surface area (TPSA) is 44.3 Å². The third kappa shape index (κ3) is 1.97. The quantitative estimate of drug-likeness (QED) is 0.648. The van der Waals surface area contributed by atoms with Crippen LogP contribution in [0.2, 0.25) is 5.02 Å². The van der Waals surface area contributed by atoms with Gasteiger partial charge in [0.1, 0.15) is 0 Å². The van der Waals surface area contributed by atoms with Crippen LogP contribution >= 0.6 is 11.6 Å². The molecule has 0 aromatic heterocycles. The first-order valence-corrected chi connectivity index (χ1v) is 6.48. The van der Waals surface area contributed by atoms with Gasteiger partial charge >= 0.3 is 0 Å². The molecule has 3 N–H and O–H groups in total. The number of aliphatic hydroxyl groups is 1. The van der Waals surface area contributed by atoms with Gasteiger partial charge < -0.3 is 15.7 Å². The first-order valence-electron chi connectivity index (χ1n) is 6.11. The van der Waals surface area contributed by atoms with Crippen LogP contribution in [0.3, 0.4) is 0 Å². The molecule has 0 aliphatic carbocycles. The monoisotopic (exact) mass is 252 g/mol. The Bertz CT molecular complexity index is 437. The molecule has 0 bridgehead atoms. The molecule has 2 heterocycles. The lowest BCUT2D eigenvalue weighted by Gasteiger charge is -2.45.